The molecule has 3 heteroatoms. The zero-order chi connectivity index (χ0) is 17.5. The number of hydrogen-bond acceptors (Lipinski definition) is 2. The third kappa shape index (κ3) is 4.77. The first-order valence-corrected chi connectivity index (χ1v) is 10.3. The van der Waals surface area contributed by atoms with Crippen LogP contribution >= 0.6 is 0 Å². The van der Waals surface area contributed by atoms with E-state index in [4.69, 9.17) is 4.74 Å². The third-order valence-electron chi connectivity index (χ3n) is 5.74. The highest BCUT2D eigenvalue weighted by molar-refractivity contribution is 5.94. The van der Waals surface area contributed by atoms with Crippen LogP contribution in [0.1, 0.15) is 87.9 Å². The maximum absolute atomic E-state index is 13.4. The predicted octanol–water partition coefficient (Wildman–Crippen LogP) is 5.58. The van der Waals surface area contributed by atoms with Gasteiger partial charge in [-0.1, -0.05) is 45.4 Å². The van der Waals surface area contributed by atoms with E-state index in [-0.39, 0.29) is 5.91 Å². The molecule has 0 aliphatic heterocycles. The fraction of sp³-hybridized carbons (Fsp3) is 0.682. The first-order chi connectivity index (χ1) is 12.3. The number of rotatable bonds is 6. The molecule has 0 atom stereocenters. The first kappa shape index (κ1) is 18.3. The molecule has 3 nitrogen and oxygen atoms in total. The molecule has 0 N–H and O–H groups in total. The van der Waals surface area contributed by atoms with Gasteiger partial charge in [0.1, 0.15) is 5.75 Å². The van der Waals surface area contributed by atoms with Crippen molar-refractivity contribution >= 4 is 5.91 Å². The van der Waals surface area contributed by atoms with Crippen molar-refractivity contribution in [2.45, 2.75) is 89.6 Å². The highest BCUT2D eigenvalue weighted by Gasteiger charge is 2.32. The van der Waals surface area contributed by atoms with Crippen LogP contribution < -0.4 is 4.74 Å². The topological polar surface area (TPSA) is 29.5 Å². The highest BCUT2D eigenvalue weighted by atomic mass is 16.5. The fourth-order valence-corrected chi connectivity index (χ4v) is 4.41. The van der Waals surface area contributed by atoms with E-state index in [0.717, 1.165) is 24.3 Å². The molecule has 2 saturated carbocycles. The predicted molar refractivity (Wildman–Crippen MR) is 102 cm³/mol. The van der Waals surface area contributed by atoms with Crippen LogP contribution in [-0.4, -0.2) is 29.5 Å². The molecule has 0 radical (unpaired) electrons. The molecule has 1 amide bonds. The van der Waals surface area contributed by atoms with Crippen molar-refractivity contribution in [1.29, 1.82) is 0 Å². The van der Waals surface area contributed by atoms with Gasteiger partial charge in [-0.3, -0.25) is 4.79 Å². The summed E-state index contributed by atoms with van der Waals surface area (Å²) in [5, 5.41) is 0. The van der Waals surface area contributed by atoms with Crippen molar-refractivity contribution < 1.29 is 9.53 Å². The average molecular weight is 344 g/mol. The van der Waals surface area contributed by atoms with Gasteiger partial charge in [0.05, 0.1) is 6.61 Å². The summed E-state index contributed by atoms with van der Waals surface area (Å²) in [5.41, 5.74) is 0.819. The summed E-state index contributed by atoms with van der Waals surface area (Å²) in [4.78, 5) is 15.6. The number of hydrogen-bond donors (Lipinski definition) is 0. The zero-order valence-electron chi connectivity index (χ0n) is 15.7. The molecule has 2 aliphatic rings. The molecule has 1 aromatic rings. The summed E-state index contributed by atoms with van der Waals surface area (Å²) in [6.07, 6.45) is 13.4. The molecule has 0 unspecified atom stereocenters. The Kier molecular flexibility index (Phi) is 6.77. The van der Waals surface area contributed by atoms with E-state index in [0.29, 0.717) is 12.1 Å². The Morgan fingerprint density at radius 2 is 1.44 bits per heavy atom. The van der Waals surface area contributed by atoms with Gasteiger partial charge in [-0.25, -0.2) is 0 Å². The molecule has 0 saturated heterocycles. The third-order valence-corrected chi connectivity index (χ3v) is 5.74. The van der Waals surface area contributed by atoms with Gasteiger partial charge in [-0.05, 0) is 56.4 Å². The Bertz CT molecular complexity index is 509. The van der Waals surface area contributed by atoms with Crippen molar-refractivity contribution in [3.05, 3.63) is 29.8 Å². The molecular formula is C22H33NO2. The van der Waals surface area contributed by atoms with Crippen molar-refractivity contribution in [3.63, 3.8) is 0 Å². The second-order valence-corrected chi connectivity index (χ2v) is 7.67. The Labute approximate surface area is 152 Å². The van der Waals surface area contributed by atoms with E-state index in [9.17, 15) is 4.79 Å². The Hall–Kier alpha value is -1.51. The lowest BCUT2D eigenvalue weighted by Gasteiger charge is -2.42. The summed E-state index contributed by atoms with van der Waals surface area (Å²) in [6.45, 7) is 2.83. The van der Waals surface area contributed by atoms with E-state index in [1.54, 1.807) is 0 Å². The minimum absolute atomic E-state index is 0.237. The van der Waals surface area contributed by atoms with Crippen LogP contribution in [0.4, 0.5) is 0 Å². The van der Waals surface area contributed by atoms with Gasteiger partial charge in [-0.2, -0.15) is 0 Å². The van der Waals surface area contributed by atoms with Crippen LogP contribution in [0, 0.1) is 0 Å². The lowest BCUT2D eigenvalue weighted by molar-refractivity contribution is 0.0448. The normalized spacial score (nSPS) is 19.6. The molecule has 1 aromatic carbocycles. The lowest BCUT2D eigenvalue weighted by Crippen LogP contribution is -2.48. The van der Waals surface area contributed by atoms with E-state index in [1.807, 2.05) is 24.3 Å². The molecule has 25 heavy (non-hydrogen) atoms. The number of nitrogens with zero attached hydrogens (tertiary/aromatic N) is 1. The monoisotopic (exact) mass is 343 g/mol. The van der Waals surface area contributed by atoms with Crippen LogP contribution in [0.2, 0.25) is 0 Å². The summed E-state index contributed by atoms with van der Waals surface area (Å²) < 4.78 is 5.66. The standard InChI is InChI=1S/C22H33NO2/c1-2-17-25-21-15-13-18(14-16-21)22(24)23(19-9-5-3-6-10-19)20-11-7-4-8-12-20/h13-16,19-20H,2-12,17H2,1H3. The van der Waals surface area contributed by atoms with Crippen molar-refractivity contribution in [1.82, 2.24) is 4.90 Å². The number of benzene rings is 1. The van der Waals surface area contributed by atoms with Crippen LogP contribution in [0.15, 0.2) is 24.3 Å². The SMILES string of the molecule is CCCOc1ccc(C(=O)N(C2CCCCC2)C2CCCCC2)cc1. The minimum atomic E-state index is 0.237. The summed E-state index contributed by atoms with van der Waals surface area (Å²) in [7, 11) is 0. The van der Waals surface area contributed by atoms with Crippen molar-refractivity contribution in [3.8, 4) is 5.75 Å². The Balaban J connectivity index is 1.75. The number of carbonyl (C=O) groups excluding carboxylic acids is 1. The second kappa shape index (κ2) is 9.26. The van der Waals surface area contributed by atoms with Crippen LogP contribution in [0.5, 0.6) is 5.75 Å². The van der Waals surface area contributed by atoms with E-state index in [1.165, 1.54) is 64.2 Å². The van der Waals surface area contributed by atoms with Crippen molar-refractivity contribution in [2.75, 3.05) is 6.61 Å². The van der Waals surface area contributed by atoms with E-state index >= 15 is 0 Å². The summed E-state index contributed by atoms with van der Waals surface area (Å²) >= 11 is 0. The van der Waals surface area contributed by atoms with Gasteiger partial charge in [0, 0.05) is 17.6 Å². The van der Waals surface area contributed by atoms with Gasteiger partial charge >= 0.3 is 0 Å². The Morgan fingerprint density at radius 3 is 1.92 bits per heavy atom. The Morgan fingerprint density at radius 1 is 0.920 bits per heavy atom. The second-order valence-electron chi connectivity index (χ2n) is 7.67. The fourth-order valence-electron chi connectivity index (χ4n) is 4.41. The number of carbonyl (C=O) groups is 1. The molecule has 0 aromatic heterocycles. The van der Waals surface area contributed by atoms with E-state index in [2.05, 4.69) is 11.8 Å². The molecular weight excluding hydrogens is 310 g/mol. The molecule has 138 valence electrons. The summed E-state index contributed by atoms with van der Waals surface area (Å²) in [6, 6.07) is 8.68. The minimum Gasteiger partial charge on any atom is -0.494 e. The van der Waals surface area contributed by atoms with Gasteiger partial charge in [-0.15, -0.1) is 0 Å². The van der Waals surface area contributed by atoms with Crippen LogP contribution in [-0.2, 0) is 0 Å². The number of ether oxygens (including phenoxy) is 1. The highest BCUT2D eigenvalue weighted by Crippen LogP contribution is 2.31. The molecule has 0 bridgehead atoms. The molecule has 2 fully saturated rings. The smallest absolute Gasteiger partial charge is 0.254 e. The lowest BCUT2D eigenvalue weighted by atomic mass is 9.88. The molecule has 0 heterocycles. The largest absolute Gasteiger partial charge is 0.494 e. The van der Waals surface area contributed by atoms with Crippen LogP contribution in [0.25, 0.3) is 0 Å². The maximum atomic E-state index is 13.4. The van der Waals surface area contributed by atoms with Crippen LogP contribution in [0.3, 0.4) is 0 Å². The number of amides is 1. The summed E-state index contributed by atoms with van der Waals surface area (Å²) in [5.74, 6) is 1.10. The van der Waals surface area contributed by atoms with Gasteiger partial charge in [0.15, 0.2) is 0 Å². The van der Waals surface area contributed by atoms with E-state index < -0.39 is 0 Å². The van der Waals surface area contributed by atoms with Gasteiger partial charge in [0.2, 0.25) is 0 Å². The average Bonchev–Trinajstić information content (AvgIpc) is 2.68. The molecule has 3 rings (SSSR count). The van der Waals surface area contributed by atoms with Crippen molar-refractivity contribution in [2.24, 2.45) is 0 Å². The molecule has 0 spiro atoms. The molecule has 2 aliphatic carbocycles. The first-order valence-electron chi connectivity index (χ1n) is 10.3. The van der Waals surface area contributed by atoms with Gasteiger partial charge in [0.25, 0.3) is 5.91 Å². The quantitative estimate of drug-likeness (QED) is 0.674. The maximum Gasteiger partial charge on any atom is 0.254 e. The van der Waals surface area contributed by atoms with Gasteiger partial charge < -0.3 is 9.64 Å². The zero-order valence-corrected chi connectivity index (χ0v) is 15.7.